The van der Waals surface area contributed by atoms with Crippen molar-refractivity contribution in [3.63, 3.8) is 0 Å². The second-order valence-corrected chi connectivity index (χ2v) is 18.1. The smallest absolute Gasteiger partial charge is 0.350 e. The highest BCUT2D eigenvalue weighted by atomic mass is 35.5. The summed E-state index contributed by atoms with van der Waals surface area (Å²) < 4.78 is 1.78. The molecule has 4 heterocycles. The van der Waals surface area contributed by atoms with Crippen LogP contribution in [0.25, 0.3) is 0 Å². The number of oxime groups is 1. The summed E-state index contributed by atoms with van der Waals surface area (Å²) in [5, 5.41) is 39.5. The molecule has 0 radical (unpaired) electrons. The first-order valence-corrected chi connectivity index (χ1v) is 22.1. The number of ketones is 2. The normalized spacial score (nSPS) is 21.1. The maximum Gasteiger partial charge on any atom is 0.350 e. The number of Topliss-reactive ketones (excluding diaryl/α,β-unsaturated/α-hetero) is 2. The Morgan fingerprint density at radius 1 is 0.984 bits per heavy atom. The molecular formula is C44H41ClN6O10S2. The summed E-state index contributed by atoms with van der Waals surface area (Å²) in [6.45, 7) is 2.74. The zero-order chi connectivity index (χ0) is 45.2. The number of benzene rings is 2. The largest absolute Gasteiger partial charge is 0.543 e. The molecule has 2 aliphatic carbocycles. The van der Waals surface area contributed by atoms with E-state index in [1.807, 2.05) is 18.2 Å². The minimum absolute atomic E-state index is 0.0265. The van der Waals surface area contributed by atoms with Crippen LogP contribution in [-0.4, -0.2) is 83.9 Å². The maximum absolute atomic E-state index is 13.1. The number of hydrogen-bond donors (Lipinski definition) is 4. The second-order valence-electron chi connectivity index (χ2n) is 15.6. The van der Waals surface area contributed by atoms with Crippen molar-refractivity contribution >= 4 is 80.9 Å². The molecule has 63 heavy (non-hydrogen) atoms. The number of β-lactam (4-membered cyclic amide) rings is 1. The highest BCUT2D eigenvalue weighted by Crippen LogP contribution is 2.43. The fraction of sp³-hybridized carbons (Fsp3) is 0.295. The topological polar surface area (TPSA) is 246 Å². The Morgan fingerprint density at radius 3 is 2.22 bits per heavy atom. The van der Waals surface area contributed by atoms with Gasteiger partial charge in [0.2, 0.25) is 11.4 Å². The van der Waals surface area contributed by atoms with Crippen molar-refractivity contribution in [2.45, 2.75) is 69.0 Å². The molecule has 2 aromatic heterocycles. The molecule has 19 heteroatoms. The standard InChI is InChI=1S/C22H19ClO3.C22H22N6O7S2/c23-16-11-9-14(10-12-16)13-5-7-15(8-6-13)19-20(24)17-3-1-2-4-18(17)21(25)22(19)26;1-22(2,20(33)34)35-26-13(12-10-37-21(23)24-12)16(29)25-14-17(30)28-15(19(31)32)11(9-36-18(14)28)8-27-6-4-3-5-7-27/h1-4,9-13,15,26H,5-8H2;3-7,10,14,18H,8-9H2,1-2H3,(H4-,23,24,25,29,31,32,33,34)/b;26-13-/t13-,15-;14-,18-/m.1/s1. The Labute approximate surface area is 374 Å². The summed E-state index contributed by atoms with van der Waals surface area (Å²) in [5.74, 6) is -4.64. The molecule has 2 aromatic carbocycles. The number of thioether (sulfide) groups is 1. The molecule has 0 bridgehead atoms. The fourth-order valence-electron chi connectivity index (χ4n) is 7.77. The van der Waals surface area contributed by atoms with Crippen LogP contribution in [0.15, 0.2) is 112 Å². The number of carbonyl (C=O) groups excluding carboxylic acids is 5. The number of anilines is 1. The number of thiazole rings is 1. The quantitative estimate of drug-likeness (QED) is 0.0714. The van der Waals surface area contributed by atoms with Gasteiger partial charge >= 0.3 is 5.97 Å². The number of pyridine rings is 1. The molecule has 16 nitrogen and oxygen atoms in total. The molecular weight excluding hydrogens is 872 g/mol. The van der Waals surface area contributed by atoms with Crippen molar-refractivity contribution in [1.29, 1.82) is 0 Å². The molecule has 2 fully saturated rings. The lowest BCUT2D eigenvalue weighted by atomic mass is 9.72. The van der Waals surface area contributed by atoms with Gasteiger partial charge < -0.3 is 36.0 Å². The number of nitrogens with one attached hydrogen (secondary N) is 1. The van der Waals surface area contributed by atoms with E-state index in [0.29, 0.717) is 33.9 Å². The molecule has 4 aliphatic rings. The van der Waals surface area contributed by atoms with Gasteiger partial charge in [-0.15, -0.1) is 23.1 Å². The second kappa shape index (κ2) is 18.5. The summed E-state index contributed by atoms with van der Waals surface area (Å²) in [6, 6.07) is 19.0. The third kappa shape index (κ3) is 9.38. The van der Waals surface area contributed by atoms with E-state index < -0.39 is 46.6 Å². The van der Waals surface area contributed by atoms with Crippen LogP contribution in [0.3, 0.4) is 0 Å². The van der Waals surface area contributed by atoms with E-state index in [0.717, 1.165) is 46.9 Å². The Morgan fingerprint density at radius 2 is 1.62 bits per heavy atom. The van der Waals surface area contributed by atoms with Crippen molar-refractivity contribution in [3.8, 4) is 0 Å². The Hall–Kier alpha value is -6.37. The van der Waals surface area contributed by atoms with Gasteiger partial charge in [-0.25, -0.2) is 14.3 Å². The number of nitrogens with zero attached hydrogens (tertiary/aromatic N) is 4. The number of carboxylic acid groups (broad SMARTS) is 2. The minimum atomic E-state index is -1.75. The number of aliphatic hydroxyl groups excluding tert-OH is 1. The van der Waals surface area contributed by atoms with Gasteiger partial charge in [0.15, 0.2) is 41.3 Å². The number of halogens is 1. The predicted octanol–water partition coefficient (Wildman–Crippen LogP) is 4.21. The number of fused-ring (bicyclic) bond motifs is 2. The Bertz CT molecular complexity index is 2590. The highest BCUT2D eigenvalue weighted by Gasteiger charge is 2.53. The molecule has 5 N–H and O–H groups in total. The van der Waals surface area contributed by atoms with Gasteiger partial charge in [-0.1, -0.05) is 59.2 Å². The van der Waals surface area contributed by atoms with Crippen LogP contribution in [0.4, 0.5) is 5.13 Å². The molecule has 326 valence electrons. The maximum atomic E-state index is 13.1. The molecule has 2 atom stereocenters. The lowest BCUT2D eigenvalue weighted by molar-refractivity contribution is -0.689. The molecule has 2 aliphatic heterocycles. The first kappa shape index (κ1) is 44.7. The van der Waals surface area contributed by atoms with E-state index >= 15 is 0 Å². The van der Waals surface area contributed by atoms with E-state index in [4.69, 9.17) is 22.2 Å². The van der Waals surface area contributed by atoms with Crippen molar-refractivity contribution in [1.82, 2.24) is 15.2 Å². The van der Waals surface area contributed by atoms with E-state index in [9.17, 15) is 44.1 Å². The number of hydrogen-bond acceptors (Lipinski definition) is 14. The number of aliphatic hydroxyl groups is 1. The van der Waals surface area contributed by atoms with E-state index in [-0.39, 0.29) is 46.2 Å². The SMILES string of the molecule is CC(C)(O/N=C(\C(=O)N[C@@H]1C(=O)N2C(C(=O)[O-])=C(C[n+]3ccccc3)CS[C@H]12)c1csc(N)n1)C(=O)O.O=C1C(O)=C([C@H]2CC[C@H](c3ccc(Cl)cc3)CC2)C(=O)c2ccccc21. The third-order valence-corrected chi connectivity index (χ3v) is 13.4. The van der Waals surface area contributed by atoms with Crippen molar-refractivity contribution in [3.05, 3.63) is 135 Å². The number of amides is 2. The zero-order valence-electron chi connectivity index (χ0n) is 33.9. The van der Waals surface area contributed by atoms with Gasteiger partial charge in [-0.2, -0.15) is 0 Å². The van der Waals surface area contributed by atoms with Gasteiger partial charge in [0, 0.05) is 50.6 Å². The number of nitrogens with two attached hydrogens (primary N) is 1. The van der Waals surface area contributed by atoms with Crippen LogP contribution in [0.2, 0.25) is 5.02 Å². The molecule has 2 amide bonds. The van der Waals surface area contributed by atoms with E-state index in [1.54, 1.807) is 53.4 Å². The van der Waals surface area contributed by atoms with Gasteiger partial charge in [0.05, 0.1) is 11.7 Å². The van der Waals surface area contributed by atoms with Crippen LogP contribution in [-0.2, 0) is 30.6 Å². The lowest BCUT2D eigenvalue weighted by Crippen LogP contribution is -2.71. The first-order chi connectivity index (χ1) is 30.0. The van der Waals surface area contributed by atoms with Crippen LogP contribution in [0.5, 0.6) is 0 Å². The number of aliphatic carboxylic acids is 2. The number of carbonyl (C=O) groups is 6. The van der Waals surface area contributed by atoms with Gasteiger partial charge in [-0.05, 0) is 69.1 Å². The third-order valence-electron chi connectivity index (χ3n) is 11.1. The average Bonchev–Trinajstić information content (AvgIpc) is 3.71. The summed E-state index contributed by atoms with van der Waals surface area (Å²) in [5.41, 5.74) is 6.10. The minimum Gasteiger partial charge on any atom is -0.543 e. The summed E-state index contributed by atoms with van der Waals surface area (Å²) >= 11 is 8.28. The molecule has 1 saturated heterocycles. The molecule has 0 spiro atoms. The van der Waals surface area contributed by atoms with E-state index in [1.165, 1.54) is 36.6 Å². The van der Waals surface area contributed by atoms with Crippen LogP contribution < -0.4 is 20.7 Å². The molecule has 4 aromatic rings. The summed E-state index contributed by atoms with van der Waals surface area (Å²) in [7, 11) is 0. The van der Waals surface area contributed by atoms with E-state index in [2.05, 4.69) is 27.6 Å². The number of carboxylic acids is 2. The van der Waals surface area contributed by atoms with Crippen LogP contribution >= 0.6 is 34.7 Å². The van der Waals surface area contributed by atoms with Crippen molar-refractivity contribution in [2.75, 3.05) is 11.5 Å². The van der Waals surface area contributed by atoms with Crippen LogP contribution in [0, 0.1) is 5.92 Å². The molecule has 8 rings (SSSR count). The highest BCUT2D eigenvalue weighted by molar-refractivity contribution is 8.00. The van der Waals surface area contributed by atoms with Crippen molar-refractivity contribution < 1.29 is 53.5 Å². The van der Waals surface area contributed by atoms with Crippen molar-refractivity contribution in [2.24, 2.45) is 11.1 Å². The number of rotatable bonds is 11. The Kier molecular flexibility index (Phi) is 13.1. The first-order valence-electron chi connectivity index (χ1n) is 19.8. The Balaban J connectivity index is 0.000000200. The zero-order valence-corrected chi connectivity index (χ0v) is 36.2. The van der Waals surface area contributed by atoms with Gasteiger partial charge in [0.1, 0.15) is 17.1 Å². The summed E-state index contributed by atoms with van der Waals surface area (Å²) in [6.07, 6.45) is 6.97. The monoisotopic (exact) mass is 912 g/mol. The number of nitrogen functional groups attached to an aromatic ring is 1. The molecule has 1 saturated carbocycles. The fourth-order valence-corrected chi connectivity index (χ4v) is 9.78. The van der Waals surface area contributed by atoms with Gasteiger partial charge in [-0.3, -0.25) is 24.1 Å². The average molecular weight is 913 g/mol. The molecule has 0 unspecified atom stereocenters. The number of allylic oxidation sites excluding steroid dienone is 2. The predicted molar refractivity (Wildman–Crippen MR) is 230 cm³/mol. The summed E-state index contributed by atoms with van der Waals surface area (Å²) in [4.78, 5) is 85.0. The number of aromatic nitrogens is 2. The lowest BCUT2D eigenvalue weighted by Gasteiger charge is -2.50. The van der Waals surface area contributed by atoms with Gasteiger partial charge in [0.25, 0.3) is 11.8 Å². The van der Waals surface area contributed by atoms with Crippen LogP contribution in [0.1, 0.15) is 77.4 Å².